The van der Waals surface area contributed by atoms with E-state index in [0.29, 0.717) is 16.6 Å². The summed E-state index contributed by atoms with van der Waals surface area (Å²) in [7, 11) is 0. The first-order valence-corrected chi connectivity index (χ1v) is 10.9. The molecule has 1 aliphatic rings. The van der Waals surface area contributed by atoms with Gasteiger partial charge >= 0.3 is 6.03 Å². The maximum absolute atomic E-state index is 13.7. The number of hydrogen-bond acceptors (Lipinski definition) is 4. The Balaban J connectivity index is 1.32. The molecule has 0 heterocycles. The van der Waals surface area contributed by atoms with Crippen LogP contribution in [0.15, 0.2) is 71.9 Å². The zero-order valence-corrected chi connectivity index (χ0v) is 18.6. The molecular weight excluding hydrogens is 464 g/mol. The molecule has 0 saturated heterocycles. The van der Waals surface area contributed by atoms with E-state index in [1.54, 1.807) is 24.3 Å². The first-order chi connectivity index (χ1) is 16.4. The Hall–Kier alpha value is -3.78. The molecule has 2 N–H and O–H groups in total. The van der Waals surface area contributed by atoms with Gasteiger partial charge in [0.1, 0.15) is 23.8 Å². The fourth-order valence-corrected chi connectivity index (χ4v) is 3.51. The van der Waals surface area contributed by atoms with Crippen molar-refractivity contribution in [1.29, 1.82) is 0 Å². The largest absolute Gasteiger partial charge is 0.391 e. The lowest BCUT2D eigenvalue weighted by molar-refractivity contribution is 0.0959. The lowest BCUT2D eigenvalue weighted by Crippen LogP contribution is -2.35. The predicted molar refractivity (Wildman–Crippen MR) is 125 cm³/mol. The number of anilines is 1. The summed E-state index contributed by atoms with van der Waals surface area (Å²) in [5, 5.41) is 9.28. The Morgan fingerprint density at radius 1 is 0.971 bits per heavy atom. The topological polar surface area (TPSA) is 79.8 Å². The Bertz CT molecular complexity index is 1220. The number of rotatable bonds is 7. The molecule has 0 aromatic heterocycles. The maximum Gasteiger partial charge on any atom is 0.326 e. The summed E-state index contributed by atoms with van der Waals surface area (Å²) in [5.41, 5.74) is 2.04. The van der Waals surface area contributed by atoms with Crippen molar-refractivity contribution in [1.82, 2.24) is 5.32 Å². The standard InChI is InChI=1S/C25H20ClF2N3O3/c26-19-5-2-1-4-18(19)23(16-10-11-16)31-34-14-15-8-12-17(13-9-15)29-25(33)30-24(32)22-20(27)6-3-7-21(22)28/h1-9,12-13,16H,10-11,14H2,(H2,29,30,32,33). The molecule has 0 radical (unpaired) electrons. The summed E-state index contributed by atoms with van der Waals surface area (Å²) in [6.07, 6.45) is 2.09. The fourth-order valence-electron chi connectivity index (χ4n) is 3.27. The quantitative estimate of drug-likeness (QED) is 0.324. The molecule has 3 aromatic carbocycles. The first-order valence-electron chi connectivity index (χ1n) is 10.5. The van der Waals surface area contributed by atoms with Gasteiger partial charge in [0.05, 0.1) is 5.71 Å². The maximum atomic E-state index is 13.7. The molecule has 4 rings (SSSR count). The Kier molecular flexibility index (Phi) is 7.18. The van der Waals surface area contributed by atoms with Gasteiger partial charge in [-0.2, -0.15) is 0 Å². The van der Waals surface area contributed by atoms with Crippen molar-refractivity contribution in [2.45, 2.75) is 19.4 Å². The highest BCUT2D eigenvalue weighted by molar-refractivity contribution is 6.34. The van der Waals surface area contributed by atoms with E-state index in [9.17, 15) is 18.4 Å². The summed E-state index contributed by atoms with van der Waals surface area (Å²) < 4.78 is 27.4. The van der Waals surface area contributed by atoms with Crippen LogP contribution in [0, 0.1) is 17.6 Å². The van der Waals surface area contributed by atoms with E-state index in [0.717, 1.165) is 47.9 Å². The summed E-state index contributed by atoms with van der Waals surface area (Å²) in [5.74, 6) is -2.96. The number of imide groups is 1. The summed E-state index contributed by atoms with van der Waals surface area (Å²) in [6, 6.07) is 16.2. The number of amides is 3. The Morgan fingerprint density at radius 2 is 1.65 bits per heavy atom. The van der Waals surface area contributed by atoms with Crippen molar-refractivity contribution in [3.05, 3.63) is 100 Å². The smallest absolute Gasteiger partial charge is 0.326 e. The molecule has 9 heteroatoms. The second-order valence-corrected chi connectivity index (χ2v) is 8.11. The fraction of sp³-hybridized carbons (Fsp3) is 0.160. The number of nitrogens with one attached hydrogen (secondary N) is 2. The van der Waals surface area contributed by atoms with Crippen molar-refractivity contribution in [2.24, 2.45) is 11.1 Å². The van der Waals surface area contributed by atoms with Gasteiger partial charge in [-0.3, -0.25) is 10.1 Å². The van der Waals surface area contributed by atoms with Crippen LogP contribution in [0.3, 0.4) is 0 Å². The lowest BCUT2D eigenvalue weighted by Gasteiger charge is -2.09. The van der Waals surface area contributed by atoms with Crippen LogP contribution in [-0.2, 0) is 11.4 Å². The highest BCUT2D eigenvalue weighted by Crippen LogP contribution is 2.35. The van der Waals surface area contributed by atoms with Gasteiger partial charge in [0.15, 0.2) is 0 Å². The molecule has 0 atom stereocenters. The third-order valence-electron chi connectivity index (χ3n) is 5.14. The van der Waals surface area contributed by atoms with Crippen molar-refractivity contribution in [3.63, 3.8) is 0 Å². The number of oxime groups is 1. The number of urea groups is 1. The van der Waals surface area contributed by atoms with E-state index in [1.807, 2.05) is 29.6 Å². The third-order valence-corrected chi connectivity index (χ3v) is 5.47. The number of carbonyl (C=O) groups excluding carboxylic acids is 2. The van der Waals surface area contributed by atoms with Gasteiger partial charge in [0, 0.05) is 22.2 Å². The van der Waals surface area contributed by atoms with Gasteiger partial charge in [-0.25, -0.2) is 13.6 Å². The van der Waals surface area contributed by atoms with E-state index in [2.05, 4.69) is 10.5 Å². The Morgan fingerprint density at radius 3 is 2.29 bits per heavy atom. The number of carbonyl (C=O) groups is 2. The molecular formula is C25H20ClF2N3O3. The van der Waals surface area contributed by atoms with Crippen molar-refractivity contribution in [3.8, 4) is 0 Å². The van der Waals surface area contributed by atoms with E-state index in [4.69, 9.17) is 16.4 Å². The number of nitrogens with zero attached hydrogens (tertiary/aromatic N) is 1. The zero-order chi connectivity index (χ0) is 24.1. The molecule has 6 nitrogen and oxygen atoms in total. The summed E-state index contributed by atoms with van der Waals surface area (Å²) in [4.78, 5) is 29.6. The van der Waals surface area contributed by atoms with Gasteiger partial charge in [-0.1, -0.05) is 53.2 Å². The number of halogens is 3. The number of benzene rings is 3. The van der Waals surface area contributed by atoms with Gasteiger partial charge in [-0.15, -0.1) is 0 Å². The van der Waals surface area contributed by atoms with Gasteiger partial charge in [0.2, 0.25) is 0 Å². The monoisotopic (exact) mass is 483 g/mol. The average Bonchev–Trinajstić information content (AvgIpc) is 3.64. The van der Waals surface area contributed by atoms with Crippen LogP contribution >= 0.6 is 11.6 Å². The van der Waals surface area contributed by atoms with Gasteiger partial charge < -0.3 is 10.2 Å². The van der Waals surface area contributed by atoms with Gasteiger partial charge in [0.25, 0.3) is 5.91 Å². The Labute approximate surface area is 199 Å². The zero-order valence-electron chi connectivity index (χ0n) is 17.9. The summed E-state index contributed by atoms with van der Waals surface area (Å²) in [6.45, 7) is 0.207. The molecule has 1 aliphatic carbocycles. The molecule has 1 saturated carbocycles. The van der Waals surface area contributed by atoms with Crippen LogP contribution in [0.2, 0.25) is 5.02 Å². The average molecular weight is 484 g/mol. The second-order valence-electron chi connectivity index (χ2n) is 7.71. The highest BCUT2D eigenvalue weighted by atomic mass is 35.5. The molecule has 34 heavy (non-hydrogen) atoms. The van der Waals surface area contributed by atoms with Crippen LogP contribution < -0.4 is 10.6 Å². The van der Waals surface area contributed by atoms with E-state index < -0.39 is 29.1 Å². The minimum absolute atomic E-state index is 0.207. The normalized spacial score (nSPS) is 13.3. The third kappa shape index (κ3) is 5.77. The molecule has 1 fully saturated rings. The molecule has 0 aliphatic heterocycles. The summed E-state index contributed by atoms with van der Waals surface area (Å²) >= 11 is 6.29. The lowest BCUT2D eigenvalue weighted by atomic mass is 10.1. The molecule has 0 unspecified atom stereocenters. The van der Waals surface area contributed by atoms with Crippen molar-refractivity contribution in [2.75, 3.05) is 5.32 Å². The molecule has 174 valence electrons. The first kappa shape index (κ1) is 23.4. The SMILES string of the molecule is O=C(NC(=O)c1c(F)cccc1F)Nc1ccc(CON=C(c2ccccc2Cl)C2CC2)cc1. The predicted octanol–water partition coefficient (Wildman–Crippen LogP) is 5.91. The van der Waals surface area contributed by atoms with Crippen LogP contribution in [-0.4, -0.2) is 17.6 Å². The second kappa shape index (κ2) is 10.4. The van der Waals surface area contributed by atoms with E-state index in [-0.39, 0.29) is 6.61 Å². The molecule has 0 bridgehead atoms. The van der Waals surface area contributed by atoms with Crippen molar-refractivity contribution < 1.29 is 23.2 Å². The van der Waals surface area contributed by atoms with Crippen molar-refractivity contribution >= 4 is 34.9 Å². The van der Waals surface area contributed by atoms with Crippen LogP contribution in [0.1, 0.15) is 34.3 Å². The molecule has 3 aromatic rings. The molecule has 0 spiro atoms. The van der Waals surface area contributed by atoms with Crippen LogP contribution in [0.5, 0.6) is 0 Å². The van der Waals surface area contributed by atoms with E-state index >= 15 is 0 Å². The minimum Gasteiger partial charge on any atom is -0.391 e. The molecule has 3 amide bonds. The number of hydrogen-bond donors (Lipinski definition) is 2. The van der Waals surface area contributed by atoms with Crippen LogP contribution in [0.4, 0.5) is 19.3 Å². The van der Waals surface area contributed by atoms with E-state index in [1.165, 1.54) is 0 Å². The highest BCUT2D eigenvalue weighted by Gasteiger charge is 2.30. The van der Waals surface area contributed by atoms with Crippen LogP contribution in [0.25, 0.3) is 0 Å². The minimum atomic E-state index is -1.18. The van der Waals surface area contributed by atoms with Gasteiger partial charge in [-0.05, 0) is 48.7 Å².